The maximum absolute atomic E-state index is 12.3. The van der Waals surface area contributed by atoms with E-state index in [0.29, 0.717) is 5.57 Å². The minimum Gasteiger partial charge on any atom is -0.504 e. The van der Waals surface area contributed by atoms with E-state index < -0.39 is 5.97 Å². The van der Waals surface area contributed by atoms with E-state index in [1.165, 1.54) is 6.07 Å². The topological polar surface area (TPSA) is 46.5 Å². The number of phenols is 1. The zero-order valence-corrected chi connectivity index (χ0v) is 11.2. The maximum atomic E-state index is 12.3. The second-order valence-electron chi connectivity index (χ2n) is 4.25. The molecular weight excluding hydrogens is 252 g/mol. The molecule has 0 atom stereocenters. The van der Waals surface area contributed by atoms with Crippen molar-refractivity contribution < 1.29 is 14.6 Å². The molecule has 0 spiro atoms. The molecule has 0 saturated heterocycles. The number of esters is 1. The Kier molecular flexibility index (Phi) is 4.56. The molecule has 2 rings (SSSR count). The SMILES string of the molecule is CCC=C(C(=O)Oc1ccccc1O)c1ccccc1. The monoisotopic (exact) mass is 268 g/mol. The Labute approximate surface area is 118 Å². The number of carbonyl (C=O) groups is 1. The summed E-state index contributed by atoms with van der Waals surface area (Å²) in [5.41, 5.74) is 1.30. The highest BCUT2D eigenvalue weighted by Crippen LogP contribution is 2.26. The number of rotatable bonds is 4. The quantitative estimate of drug-likeness (QED) is 0.521. The molecule has 2 aromatic rings. The number of hydrogen-bond donors (Lipinski definition) is 1. The smallest absolute Gasteiger partial charge is 0.343 e. The molecule has 0 aliphatic carbocycles. The molecule has 0 heterocycles. The van der Waals surface area contributed by atoms with Crippen LogP contribution >= 0.6 is 0 Å². The van der Waals surface area contributed by atoms with E-state index in [0.717, 1.165) is 12.0 Å². The van der Waals surface area contributed by atoms with Gasteiger partial charge in [-0.25, -0.2) is 4.79 Å². The molecule has 0 aromatic heterocycles. The number of hydrogen-bond acceptors (Lipinski definition) is 3. The summed E-state index contributed by atoms with van der Waals surface area (Å²) >= 11 is 0. The number of allylic oxidation sites excluding steroid dienone is 1. The first-order chi connectivity index (χ1) is 9.72. The van der Waals surface area contributed by atoms with Crippen LogP contribution in [0.5, 0.6) is 11.5 Å². The first-order valence-corrected chi connectivity index (χ1v) is 6.48. The predicted molar refractivity (Wildman–Crippen MR) is 78.5 cm³/mol. The fourth-order valence-electron chi connectivity index (χ4n) is 1.84. The summed E-state index contributed by atoms with van der Waals surface area (Å²) in [5.74, 6) is -0.361. The largest absolute Gasteiger partial charge is 0.504 e. The van der Waals surface area contributed by atoms with Crippen molar-refractivity contribution >= 4 is 11.5 Å². The summed E-state index contributed by atoms with van der Waals surface area (Å²) in [4.78, 5) is 12.3. The number of benzene rings is 2. The fourth-order valence-corrected chi connectivity index (χ4v) is 1.84. The van der Waals surface area contributed by atoms with Crippen LogP contribution in [0.4, 0.5) is 0 Å². The number of para-hydroxylation sites is 2. The lowest BCUT2D eigenvalue weighted by Gasteiger charge is -2.09. The van der Waals surface area contributed by atoms with Gasteiger partial charge in [0.1, 0.15) is 0 Å². The van der Waals surface area contributed by atoms with E-state index in [9.17, 15) is 9.90 Å². The van der Waals surface area contributed by atoms with Gasteiger partial charge < -0.3 is 9.84 Å². The van der Waals surface area contributed by atoms with Gasteiger partial charge in [0.25, 0.3) is 0 Å². The van der Waals surface area contributed by atoms with Crippen LogP contribution in [0.1, 0.15) is 18.9 Å². The van der Waals surface area contributed by atoms with Crippen LogP contribution < -0.4 is 4.74 Å². The zero-order chi connectivity index (χ0) is 14.4. The van der Waals surface area contributed by atoms with Gasteiger partial charge >= 0.3 is 5.97 Å². The third-order valence-electron chi connectivity index (χ3n) is 2.78. The van der Waals surface area contributed by atoms with Gasteiger partial charge in [0.2, 0.25) is 0 Å². The number of carbonyl (C=O) groups excluding carboxylic acids is 1. The second-order valence-corrected chi connectivity index (χ2v) is 4.25. The average Bonchev–Trinajstić information content (AvgIpc) is 2.48. The van der Waals surface area contributed by atoms with E-state index in [2.05, 4.69) is 0 Å². The summed E-state index contributed by atoms with van der Waals surface area (Å²) < 4.78 is 5.26. The van der Waals surface area contributed by atoms with Gasteiger partial charge in [-0.3, -0.25) is 0 Å². The van der Waals surface area contributed by atoms with Crippen LogP contribution in [0.3, 0.4) is 0 Å². The maximum Gasteiger partial charge on any atom is 0.343 e. The summed E-state index contributed by atoms with van der Waals surface area (Å²) in [6.45, 7) is 1.95. The molecule has 20 heavy (non-hydrogen) atoms. The highest BCUT2D eigenvalue weighted by atomic mass is 16.5. The van der Waals surface area contributed by atoms with Crippen LogP contribution in [0.25, 0.3) is 5.57 Å². The van der Waals surface area contributed by atoms with Crippen molar-refractivity contribution in [2.24, 2.45) is 0 Å². The summed E-state index contributed by atoms with van der Waals surface area (Å²) in [7, 11) is 0. The van der Waals surface area contributed by atoms with Crippen LogP contribution in [0, 0.1) is 0 Å². The Morgan fingerprint density at radius 2 is 1.75 bits per heavy atom. The molecule has 3 heteroatoms. The molecule has 0 saturated carbocycles. The third-order valence-corrected chi connectivity index (χ3v) is 2.78. The molecule has 0 aliphatic heterocycles. The van der Waals surface area contributed by atoms with Crippen molar-refractivity contribution in [3.63, 3.8) is 0 Å². The van der Waals surface area contributed by atoms with Crippen LogP contribution in [0.2, 0.25) is 0 Å². The van der Waals surface area contributed by atoms with Crippen molar-refractivity contribution in [2.75, 3.05) is 0 Å². The molecule has 0 radical (unpaired) electrons. The molecule has 0 unspecified atom stereocenters. The average molecular weight is 268 g/mol. The highest BCUT2D eigenvalue weighted by molar-refractivity contribution is 6.17. The van der Waals surface area contributed by atoms with Gasteiger partial charge in [-0.2, -0.15) is 0 Å². The summed E-state index contributed by atoms with van der Waals surface area (Å²) in [6.07, 6.45) is 2.54. The lowest BCUT2D eigenvalue weighted by molar-refractivity contribution is -0.128. The number of phenolic OH excluding ortho intramolecular Hbond substituents is 1. The van der Waals surface area contributed by atoms with Gasteiger partial charge in [0.05, 0.1) is 5.57 Å². The van der Waals surface area contributed by atoms with Crippen LogP contribution in [0.15, 0.2) is 60.7 Å². The Bertz CT molecular complexity index is 615. The van der Waals surface area contributed by atoms with Crippen molar-refractivity contribution in [3.8, 4) is 11.5 Å². The minimum absolute atomic E-state index is 0.0511. The third kappa shape index (κ3) is 3.26. The summed E-state index contributed by atoms with van der Waals surface area (Å²) in [6, 6.07) is 15.7. The standard InChI is InChI=1S/C17H16O3/c1-2-8-14(13-9-4-3-5-10-13)17(19)20-16-12-7-6-11-15(16)18/h3-12,18H,2H2,1H3. The van der Waals surface area contributed by atoms with E-state index in [1.54, 1.807) is 18.2 Å². The van der Waals surface area contributed by atoms with E-state index in [4.69, 9.17) is 4.74 Å². The molecule has 1 N–H and O–H groups in total. The van der Waals surface area contributed by atoms with Crippen molar-refractivity contribution in [3.05, 3.63) is 66.2 Å². The van der Waals surface area contributed by atoms with Gasteiger partial charge in [-0.1, -0.05) is 55.5 Å². The molecule has 0 aliphatic rings. The van der Waals surface area contributed by atoms with E-state index in [1.807, 2.05) is 43.3 Å². The Hall–Kier alpha value is -2.55. The molecule has 3 nitrogen and oxygen atoms in total. The lowest BCUT2D eigenvalue weighted by Crippen LogP contribution is -2.10. The van der Waals surface area contributed by atoms with Crippen LogP contribution in [-0.4, -0.2) is 11.1 Å². The van der Waals surface area contributed by atoms with Gasteiger partial charge in [0.15, 0.2) is 11.5 Å². The molecule has 2 aromatic carbocycles. The molecule has 0 amide bonds. The predicted octanol–water partition coefficient (Wildman–Crippen LogP) is 3.79. The minimum atomic E-state index is -0.473. The number of ether oxygens (including phenoxy) is 1. The van der Waals surface area contributed by atoms with E-state index in [-0.39, 0.29) is 11.5 Å². The molecule has 0 fully saturated rings. The molecular formula is C17H16O3. The van der Waals surface area contributed by atoms with Crippen molar-refractivity contribution in [2.45, 2.75) is 13.3 Å². The Morgan fingerprint density at radius 3 is 2.40 bits per heavy atom. The van der Waals surface area contributed by atoms with Crippen LogP contribution in [-0.2, 0) is 4.79 Å². The molecule has 0 bridgehead atoms. The van der Waals surface area contributed by atoms with Gasteiger partial charge in [0, 0.05) is 0 Å². The normalized spacial score (nSPS) is 11.2. The first kappa shape index (κ1) is 13.9. The highest BCUT2D eigenvalue weighted by Gasteiger charge is 2.15. The summed E-state index contributed by atoms with van der Waals surface area (Å²) in [5, 5.41) is 9.64. The fraction of sp³-hybridized carbons (Fsp3) is 0.118. The Morgan fingerprint density at radius 1 is 1.10 bits per heavy atom. The number of aromatic hydroxyl groups is 1. The Balaban J connectivity index is 2.26. The van der Waals surface area contributed by atoms with E-state index >= 15 is 0 Å². The first-order valence-electron chi connectivity index (χ1n) is 6.48. The van der Waals surface area contributed by atoms with Gasteiger partial charge in [-0.05, 0) is 24.1 Å². The van der Waals surface area contributed by atoms with Gasteiger partial charge in [-0.15, -0.1) is 0 Å². The lowest BCUT2D eigenvalue weighted by atomic mass is 10.1. The zero-order valence-electron chi connectivity index (χ0n) is 11.2. The van der Waals surface area contributed by atoms with Crippen molar-refractivity contribution in [1.82, 2.24) is 0 Å². The van der Waals surface area contributed by atoms with Crippen molar-refractivity contribution in [1.29, 1.82) is 0 Å². The molecule has 102 valence electrons. The second kappa shape index (κ2) is 6.57.